The molecule has 1 aromatic carbocycles. The van der Waals surface area contributed by atoms with Gasteiger partial charge in [-0.2, -0.15) is 0 Å². The largest absolute Gasteiger partial charge is 0.426 e. The van der Waals surface area contributed by atoms with Gasteiger partial charge in [0, 0.05) is 6.07 Å². The fourth-order valence-corrected chi connectivity index (χ4v) is 7.77. The van der Waals surface area contributed by atoms with Gasteiger partial charge in [-0.15, -0.1) is 6.58 Å². The molecule has 3 aliphatic carbocycles. The SMILES string of the molecule is C=CCCc1ccc(OC(=O)C2CCCC3CC(C4CCC(CCCCCC)CC4)CCC32)cc1F. The van der Waals surface area contributed by atoms with E-state index in [-0.39, 0.29) is 17.7 Å². The fourth-order valence-electron chi connectivity index (χ4n) is 7.77. The minimum absolute atomic E-state index is 0.0212. The van der Waals surface area contributed by atoms with Gasteiger partial charge in [0.1, 0.15) is 11.6 Å². The first-order valence-corrected chi connectivity index (χ1v) is 15.2. The van der Waals surface area contributed by atoms with E-state index in [0.717, 1.165) is 37.0 Å². The van der Waals surface area contributed by atoms with Crippen molar-refractivity contribution in [3.05, 3.63) is 42.2 Å². The maximum atomic E-state index is 14.4. The number of esters is 1. The lowest BCUT2D eigenvalue weighted by molar-refractivity contribution is -0.144. The molecule has 0 heterocycles. The molecule has 4 atom stereocenters. The second-order valence-corrected chi connectivity index (χ2v) is 12.2. The second kappa shape index (κ2) is 13.8. The van der Waals surface area contributed by atoms with Gasteiger partial charge in [-0.05, 0) is 92.6 Å². The molecule has 2 nitrogen and oxygen atoms in total. The molecule has 0 N–H and O–H groups in total. The third kappa shape index (κ3) is 7.23. The maximum absolute atomic E-state index is 14.4. The number of hydrogen-bond donors (Lipinski definition) is 0. The van der Waals surface area contributed by atoms with Gasteiger partial charge in [-0.1, -0.05) is 76.9 Å². The summed E-state index contributed by atoms with van der Waals surface area (Å²) >= 11 is 0. The maximum Gasteiger partial charge on any atom is 0.314 e. The van der Waals surface area contributed by atoms with Crippen LogP contribution >= 0.6 is 0 Å². The van der Waals surface area contributed by atoms with E-state index in [4.69, 9.17) is 4.74 Å². The zero-order valence-corrected chi connectivity index (χ0v) is 22.7. The Morgan fingerprint density at radius 2 is 1.81 bits per heavy atom. The molecule has 0 saturated heterocycles. The number of aryl methyl sites for hydroxylation is 1. The molecule has 0 bridgehead atoms. The molecule has 3 saturated carbocycles. The van der Waals surface area contributed by atoms with Crippen LogP contribution in [0.25, 0.3) is 0 Å². The standard InChI is InChI=1S/C33H49FO2/c1-3-5-7-8-10-24-14-16-25(17-15-24)27-19-21-30-28(22-27)12-9-13-31(30)33(35)36-29-20-18-26(11-6-4-2)32(34)23-29/h4,18,20,23-25,27-28,30-31H,2-3,5-17,19,21-22H2,1H3. The van der Waals surface area contributed by atoms with E-state index in [9.17, 15) is 9.18 Å². The van der Waals surface area contributed by atoms with E-state index in [1.807, 2.05) is 0 Å². The molecule has 4 unspecified atom stereocenters. The Morgan fingerprint density at radius 1 is 1.00 bits per heavy atom. The minimum Gasteiger partial charge on any atom is -0.426 e. The number of fused-ring (bicyclic) bond motifs is 1. The van der Waals surface area contributed by atoms with Gasteiger partial charge in [0.15, 0.2) is 0 Å². The van der Waals surface area contributed by atoms with Crippen molar-refractivity contribution in [2.75, 3.05) is 0 Å². The normalized spacial score (nSPS) is 30.4. The Hall–Kier alpha value is -1.64. The number of benzene rings is 1. The summed E-state index contributed by atoms with van der Waals surface area (Å²) in [6.07, 6.45) is 23.0. The predicted molar refractivity (Wildman–Crippen MR) is 146 cm³/mol. The molecule has 200 valence electrons. The highest BCUT2D eigenvalue weighted by Gasteiger charge is 2.43. The Kier molecular flexibility index (Phi) is 10.5. The van der Waals surface area contributed by atoms with Gasteiger partial charge in [0.2, 0.25) is 0 Å². The molecule has 36 heavy (non-hydrogen) atoms. The number of halogens is 1. The molecule has 3 aliphatic rings. The van der Waals surface area contributed by atoms with Crippen LogP contribution in [-0.2, 0) is 11.2 Å². The molecular weight excluding hydrogens is 447 g/mol. The van der Waals surface area contributed by atoms with Gasteiger partial charge >= 0.3 is 5.97 Å². The summed E-state index contributed by atoms with van der Waals surface area (Å²) in [6.45, 7) is 6.00. The average Bonchev–Trinajstić information content (AvgIpc) is 2.90. The highest BCUT2D eigenvalue weighted by Crippen LogP contribution is 2.50. The summed E-state index contributed by atoms with van der Waals surface area (Å²) in [5.74, 6) is 3.77. The van der Waals surface area contributed by atoms with Crippen molar-refractivity contribution in [3.63, 3.8) is 0 Å². The van der Waals surface area contributed by atoms with Gasteiger partial charge < -0.3 is 4.74 Å². The average molecular weight is 497 g/mol. The van der Waals surface area contributed by atoms with Crippen molar-refractivity contribution in [3.8, 4) is 5.75 Å². The van der Waals surface area contributed by atoms with Gasteiger partial charge in [0.25, 0.3) is 0 Å². The van der Waals surface area contributed by atoms with Crippen molar-refractivity contribution in [1.29, 1.82) is 0 Å². The summed E-state index contributed by atoms with van der Waals surface area (Å²) in [5, 5.41) is 0. The summed E-state index contributed by atoms with van der Waals surface area (Å²) in [5.41, 5.74) is 0.649. The fraction of sp³-hybridized carbons (Fsp3) is 0.727. The Balaban J connectivity index is 1.26. The van der Waals surface area contributed by atoms with Gasteiger partial charge in [-0.25, -0.2) is 4.39 Å². The summed E-state index contributed by atoms with van der Waals surface area (Å²) in [6, 6.07) is 4.88. The molecule has 1 aromatic rings. The summed E-state index contributed by atoms with van der Waals surface area (Å²) in [7, 11) is 0. The van der Waals surface area contributed by atoms with E-state index in [0.29, 0.717) is 29.6 Å². The lowest BCUT2D eigenvalue weighted by Crippen LogP contribution is -2.40. The molecule has 3 fully saturated rings. The minimum atomic E-state index is -0.292. The lowest BCUT2D eigenvalue weighted by Gasteiger charge is -2.46. The van der Waals surface area contributed by atoms with E-state index in [2.05, 4.69) is 13.5 Å². The Labute approximate surface area is 219 Å². The smallest absolute Gasteiger partial charge is 0.314 e. The van der Waals surface area contributed by atoms with Crippen LogP contribution in [0, 0.1) is 41.3 Å². The van der Waals surface area contributed by atoms with Crippen molar-refractivity contribution < 1.29 is 13.9 Å². The highest BCUT2D eigenvalue weighted by molar-refractivity contribution is 5.75. The number of carbonyl (C=O) groups is 1. The second-order valence-electron chi connectivity index (χ2n) is 12.2. The van der Waals surface area contributed by atoms with Crippen LogP contribution in [0.2, 0.25) is 0 Å². The highest BCUT2D eigenvalue weighted by atomic mass is 19.1. The summed E-state index contributed by atoms with van der Waals surface area (Å²) < 4.78 is 20.2. The van der Waals surface area contributed by atoms with Crippen molar-refractivity contribution in [2.45, 2.75) is 116 Å². The van der Waals surface area contributed by atoms with E-state index in [1.54, 1.807) is 18.2 Å². The van der Waals surface area contributed by atoms with Crippen LogP contribution in [0.3, 0.4) is 0 Å². The third-order valence-corrected chi connectivity index (χ3v) is 9.88. The van der Waals surface area contributed by atoms with E-state index < -0.39 is 0 Å². The topological polar surface area (TPSA) is 26.3 Å². The van der Waals surface area contributed by atoms with Crippen LogP contribution in [-0.4, -0.2) is 5.97 Å². The Morgan fingerprint density at radius 3 is 2.56 bits per heavy atom. The molecule has 0 amide bonds. The zero-order valence-electron chi connectivity index (χ0n) is 22.7. The summed E-state index contributed by atoms with van der Waals surface area (Å²) in [4.78, 5) is 13.2. The lowest BCUT2D eigenvalue weighted by atomic mass is 9.59. The van der Waals surface area contributed by atoms with Crippen LogP contribution in [0.5, 0.6) is 5.75 Å². The number of rotatable bonds is 11. The number of allylic oxidation sites excluding steroid dienone is 1. The molecule has 0 radical (unpaired) electrons. The first-order chi connectivity index (χ1) is 17.6. The number of carbonyl (C=O) groups excluding carboxylic acids is 1. The number of unbranched alkanes of at least 4 members (excludes halogenated alkanes) is 3. The molecular formula is C33H49FO2. The first-order valence-electron chi connectivity index (χ1n) is 15.2. The van der Waals surface area contributed by atoms with Gasteiger partial charge in [0.05, 0.1) is 5.92 Å². The van der Waals surface area contributed by atoms with E-state index in [1.165, 1.54) is 89.5 Å². The number of ether oxygens (including phenoxy) is 1. The van der Waals surface area contributed by atoms with E-state index >= 15 is 0 Å². The molecule has 0 aliphatic heterocycles. The van der Waals surface area contributed by atoms with Crippen LogP contribution in [0.4, 0.5) is 4.39 Å². The molecule has 0 aromatic heterocycles. The molecule has 3 heteroatoms. The number of hydrogen-bond acceptors (Lipinski definition) is 2. The monoisotopic (exact) mass is 496 g/mol. The predicted octanol–water partition coefficient (Wildman–Crippen LogP) is 9.46. The van der Waals surface area contributed by atoms with Crippen molar-refractivity contribution in [2.24, 2.45) is 35.5 Å². The first kappa shape index (κ1) is 27.4. The van der Waals surface area contributed by atoms with Crippen LogP contribution in [0.15, 0.2) is 30.9 Å². The Bertz CT molecular complexity index is 840. The van der Waals surface area contributed by atoms with Gasteiger partial charge in [-0.3, -0.25) is 4.79 Å². The quantitative estimate of drug-likeness (QED) is 0.132. The molecule has 4 rings (SSSR count). The van der Waals surface area contributed by atoms with Crippen LogP contribution < -0.4 is 4.74 Å². The zero-order chi connectivity index (χ0) is 25.3. The van der Waals surface area contributed by atoms with Crippen molar-refractivity contribution >= 4 is 5.97 Å². The van der Waals surface area contributed by atoms with Crippen LogP contribution in [0.1, 0.15) is 115 Å². The third-order valence-electron chi connectivity index (χ3n) is 9.88. The molecule has 0 spiro atoms. The van der Waals surface area contributed by atoms with Crippen molar-refractivity contribution in [1.82, 2.24) is 0 Å².